The van der Waals surface area contributed by atoms with Crippen LogP contribution in [0.1, 0.15) is 29.9 Å². The van der Waals surface area contributed by atoms with E-state index in [-0.39, 0.29) is 0 Å². The van der Waals surface area contributed by atoms with Crippen LogP contribution in [0.5, 0.6) is 5.75 Å². The van der Waals surface area contributed by atoms with E-state index in [0.29, 0.717) is 12.6 Å². The van der Waals surface area contributed by atoms with E-state index in [2.05, 4.69) is 63.8 Å². The van der Waals surface area contributed by atoms with Gasteiger partial charge in [-0.1, -0.05) is 59.8 Å². The van der Waals surface area contributed by atoms with Crippen LogP contribution in [-0.2, 0) is 13.3 Å². The molecule has 1 aromatic heterocycles. The van der Waals surface area contributed by atoms with Gasteiger partial charge in [0.2, 0.25) is 0 Å². The summed E-state index contributed by atoms with van der Waals surface area (Å²) in [7, 11) is 0. The average molecular weight is 366 g/mol. The molecule has 2 heterocycles. The Bertz CT molecular complexity index is 863. The normalized spacial score (nSPS) is 15.5. The fraction of sp³-hybridized carbons (Fsp3) is 0.300. The van der Waals surface area contributed by atoms with Crippen LogP contribution in [0.3, 0.4) is 0 Å². The molecule has 0 saturated heterocycles. The second kappa shape index (κ2) is 7.51. The molecule has 1 aliphatic heterocycles. The zero-order chi connectivity index (χ0) is 17.9. The van der Waals surface area contributed by atoms with Crippen LogP contribution < -0.4 is 4.74 Å². The highest BCUT2D eigenvalue weighted by Gasteiger charge is 2.25. The van der Waals surface area contributed by atoms with Crippen molar-refractivity contribution >= 4 is 11.8 Å². The van der Waals surface area contributed by atoms with E-state index < -0.39 is 0 Å². The Kier molecular flexibility index (Phi) is 4.95. The smallest absolute Gasteiger partial charge is 0.193 e. The van der Waals surface area contributed by atoms with Crippen molar-refractivity contribution in [2.24, 2.45) is 0 Å². The molecule has 3 aromatic rings. The number of aryl methyl sites for hydroxylation is 1. The van der Waals surface area contributed by atoms with Gasteiger partial charge in [-0.05, 0) is 31.5 Å². The number of thioether (sulfide) groups is 1. The summed E-state index contributed by atoms with van der Waals surface area (Å²) >= 11 is 1.72. The average Bonchev–Trinajstić information content (AvgIpc) is 3.10. The predicted octanol–water partition coefficient (Wildman–Crippen LogP) is 4.25. The predicted molar refractivity (Wildman–Crippen MR) is 103 cm³/mol. The van der Waals surface area contributed by atoms with Crippen molar-refractivity contribution in [3.05, 3.63) is 71.5 Å². The molecule has 1 atom stereocenters. The molecule has 134 valence electrons. The largest absolute Gasteiger partial charge is 0.486 e. The van der Waals surface area contributed by atoms with E-state index in [0.717, 1.165) is 29.3 Å². The molecule has 0 fully saturated rings. The van der Waals surface area contributed by atoms with Crippen LogP contribution in [0, 0.1) is 6.92 Å². The third kappa shape index (κ3) is 3.61. The third-order valence-corrected chi connectivity index (χ3v) is 5.72. The Hall–Kier alpha value is -2.31. The lowest BCUT2D eigenvalue weighted by Crippen LogP contribution is -2.33. The number of hydrogen-bond donors (Lipinski definition) is 0. The lowest BCUT2D eigenvalue weighted by Gasteiger charge is -2.33. The zero-order valence-corrected chi connectivity index (χ0v) is 15.8. The molecule has 1 aliphatic rings. The van der Waals surface area contributed by atoms with Gasteiger partial charge in [-0.15, -0.1) is 10.2 Å². The minimum absolute atomic E-state index is 0.338. The number of rotatable bonds is 5. The lowest BCUT2D eigenvalue weighted by molar-refractivity contribution is 0.172. The van der Waals surface area contributed by atoms with Gasteiger partial charge in [-0.3, -0.25) is 9.47 Å². The molecule has 1 unspecified atom stereocenters. The molecule has 5 nitrogen and oxygen atoms in total. The number of hydrogen-bond acceptors (Lipinski definition) is 5. The second-order valence-electron chi connectivity index (χ2n) is 6.52. The maximum Gasteiger partial charge on any atom is 0.193 e. The summed E-state index contributed by atoms with van der Waals surface area (Å²) in [5.41, 5.74) is 2.54. The van der Waals surface area contributed by atoms with Crippen molar-refractivity contribution in [1.29, 1.82) is 0 Å². The van der Waals surface area contributed by atoms with Gasteiger partial charge in [-0.2, -0.15) is 0 Å². The van der Waals surface area contributed by atoms with Crippen molar-refractivity contribution in [1.82, 2.24) is 19.7 Å². The highest BCUT2D eigenvalue weighted by Crippen LogP contribution is 2.31. The van der Waals surface area contributed by atoms with Crippen molar-refractivity contribution in [3.8, 4) is 5.75 Å². The van der Waals surface area contributed by atoms with Crippen LogP contribution in [0.25, 0.3) is 0 Å². The zero-order valence-electron chi connectivity index (χ0n) is 15.0. The Labute approximate surface area is 158 Å². The topological polar surface area (TPSA) is 43.2 Å². The minimum atomic E-state index is 0.338. The molecule has 4 rings (SSSR count). The Morgan fingerprint density at radius 1 is 1.08 bits per heavy atom. The van der Waals surface area contributed by atoms with E-state index >= 15 is 0 Å². The number of aromatic nitrogens is 3. The summed E-state index contributed by atoms with van der Waals surface area (Å²) in [6.45, 7) is 5.51. The van der Waals surface area contributed by atoms with Gasteiger partial charge < -0.3 is 4.74 Å². The molecule has 0 spiro atoms. The van der Waals surface area contributed by atoms with E-state index in [1.807, 2.05) is 24.3 Å². The second-order valence-corrected chi connectivity index (χ2v) is 7.43. The standard InChI is InChI=1S/C20H22N4OS/c1-15-8-10-18(11-9-15)25-12-19-21-22-20-24(19)13-23(14-26-20)16(2)17-6-4-3-5-7-17/h3-11,16H,12-14H2,1-2H3. The first-order valence-electron chi connectivity index (χ1n) is 8.74. The molecular weight excluding hydrogens is 344 g/mol. The molecule has 2 aromatic carbocycles. The molecular formula is C20H22N4OS. The number of benzene rings is 2. The Morgan fingerprint density at radius 3 is 2.62 bits per heavy atom. The van der Waals surface area contributed by atoms with Crippen molar-refractivity contribution in [2.75, 3.05) is 5.88 Å². The van der Waals surface area contributed by atoms with Crippen LogP contribution in [0.2, 0.25) is 0 Å². The van der Waals surface area contributed by atoms with Crippen LogP contribution in [0.4, 0.5) is 0 Å². The van der Waals surface area contributed by atoms with Gasteiger partial charge in [0.1, 0.15) is 12.4 Å². The first kappa shape index (κ1) is 17.1. The van der Waals surface area contributed by atoms with E-state index in [4.69, 9.17) is 4.74 Å². The highest BCUT2D eigenvalue weighted by atomic mass is 32.2. The van der Waals surface area contributed by atoms with Crippen molar-refractivity contribution in [3.63, 3.8) is 0 Å². The van der Waals surface area contributed by atoms with Gasteiger partial charge >= 0.3 is 0 Å². The summed E-state index contributed by atoms with van der Waals surface area (Å²) in [6, 6.07) is 19.0. The molecule has 26 heavy (non-hydrogen) atoms. The highest BCUT2D eigenvalue weighted by molar-refractivity contribution is 7.99. The Balaban J connectivity index is 1.46. The summed E-state index contributed by atoms with van der Waals surface area (Å²) in [5.74, 6) is 2.62. The summed E-state index contributed by atoms with van der Waals surface area (Å²) in [6.07, 6.45) is 0. The summed E-state index contributed by atoms with van der Waals surface area (Å²) in [5, 5.41) is 9.62. The van der Waals surface area contributed by atoms with Crippen molar-refractivity contribution in [2.45, 2.75) is 38.3 Å². The van der Waals surface area contributed by atoms with E-state index in [9.17, 15) is 0 Å². The molecule has 6 heteroatoms. The first-order chi connectivity index (χ1) is 12.7. The van der Waals surface area contributed by atoms with Gasteiger partial charge in [0.05, 0.1) is 12.5 Å². The van der Waals surface area contributed by atoms with E-state index in [1.54, 1.807) is 11.8 Å². The fourth-order valence-corrected chi connectivity index (χ4v) is 4.00. The van der Waals surface area contributed by atoms with Gasteiger partial charge in [0.15, 0.2) is 11.0 Å². The molecule has 0 aliphatic carbocycles. The lowest BCUT2D eigenvalue weighted by atomic mass is 10.1. The number of nitrogens with zero attached hydrogens (tertiary/aromatic N) is 4. The van der Waals surface area contributed by atoms with Crippen LogP contribution >= 0.6 is 11.8 Å². The minimum Gasteiger partial charge on any atom is -0.486 e. The number of fused-ring (bicyclic) bond motifs is 1. The maximum atomic E-state index is 5.90. The van der Waals surface area contributed by atoms with Gasteiger partial charge in [-0.25, -0.2) is 0 Å². The SMILES string of the molecule is Cc1ccc(OCc2nnc3n2CN(C(C)c2ccccc2)CS3)cc1. The molecule has 0 saturated carbocycles. The first-order valence-corrected chi connectivity index (χ1v) is 9.72. The van der Waals surface area contributed by atoms with Gasteiger partial charge in [0, 0.05) is 6.04 Å². The Morgan fingerprint density at radius 2 is 1.85 bits per heavy atom. The molecule has 0 bridgehead atoms. The monoisotopic (exact) mass is 366 g/mol. The molecule has 0 amide bonds. The molecule has 0 radical (unpaired) electrons. The summed E-state index contributed by atoms with van der Waals surface area (Å²) < 4.78 is 8.06. The fourth-order valence-electron chi connectivity index (χ4n) is 3.00. The van der Waals surface area contributed by atoms with Crippen LogP contribution in [0.15, 0.2) is 59.8 Å². The maximum absolute atomic E-state index is 5.90. The summed E-state index contributed by atoms with van der Waals surface area (Å²) in [4.78, 5) is 2.42. The van der Waals surface area contributed by atoms with E-state index in [1.165, 1.54) is 11.1 Å². The van der Waals surface area contributed by atoms with Crippen molar-refractivity contribution < 1.29 is 4.74 Å². The quantitative estimate of drug-likeness (QED) is 0.675. The number of ether oxygens (including phenoxy) is 1. The van der Waals surface area contributed by atoms with Gasteiger partial charge in [0.25, 0.3) is 0 Å². The van der Waals surface area contributed by atoms with Crippen LogP contribution in [-0.4, -0.2) is 25.5 Å². The third-order valence-electron chi connectivity index (χ3n) is 4.69. The molecule has 0 N–H and O–H groups in total.